The van der Waals surface area contributed by atoms with E-state index in [0.717, 1.165) is 17.7 Å². The van der Waals surface area contributed by atoms with Gasteiger partial charge in [0.2, 0.25) is 5.91 Å². The van der Waals surface area contributed by atoms with Crippen molar-refractivity contribution in [3.63, 3.8) is 0 Å². The van der Waals surface area contributed by atoms with Gasteiger partial charge in [-0.3, -0.25) is 14.2 Å². The summed E-state index contributed by atoms with van der Waals surface area (Å²) < 4.78 is 2.33. The van der Waals surface area contributed by atoms with E-state index in [2.05, 4.69) is 6.07 Å². The fourth-order valence-corrected chi connectivity index (χ4v) is 5.39. The first kappa shape index (κ1) is 19.1. The molecule has 0 saturated heterocycles. The number of aromatic nitrogens is 2. The minimum absolute atomic E-state index is 0.0378. The zero-order valence-corrected chi connectivity index (χ0v) is 17.8. The van der Waals surface area contributed by atoms with Crippen LogP contribution in [0.2, 0.25) is 0 Å². The molecule has 0 saturated carbocycles. The van der Waals surface area contributed by atoms with Crippen LogP contribution in [0.5, 0.6) is 0 Å². The van der Waals surface area contributed by atoms with Crippen LogP contribution in [0.1, 0.15) is 11.1 Å². The first-order chi connectivity index (χ1) is 14.7. The molecule has 5 rings (SSSR count). The van der Waals surface area contributed by atoms with Crippen LogP contribution in [-0.4, -0.2) is 27.8 Å². The number of nitrogens with zero attached hydrogens (tertiary/aromatic N) is 3. The van der Waals surface area contributed by atoms with Crippen molar-refractivity contribution < 1.29 is 4.79 Å². The van der Waals surface area contributed by atoms with Gasteiger partial charge in [0.1, 0.15) is 4.70 Å². The lowest BCUT2D eigenvalue weighted by atomic mass is 10.2. The van der Waals surface area contributed by atoms with Crippen LogP contribution >= 0.6 is 23.1 Å². The minimum atomic E-state index is -0.0553. The summed E-state index contributed by atoms with van der Waals surface area (Å²) in [4.78, 5) is 32.6. The van der Waals surface area contributed by atoms with Crippen LogP contribution in [0.4, 0.5) is 5.69 Å². The Morgan fingerprint density at radius 1 is 1.07 bits per heavy atom. The van der Waals surface area contributed by atoms with Crippen LogP contribution in [0.25, 0.3) is 10.2 Å². The van der Waals surface area contributed by atoms with E-state index in [4.69, 9.17) is 4.98 Å². The molecule has 3 heterocycles. The van der Waals surface area contributed by atoms with Crippen molar-refractivity contribution in [2.75, 3.05) is 17.2 Å². The summed E-state index contributed by atoms with van der Waals surface area (Å²) in [5.41, 5.74) is 3.86. The summed E-state index contributed by atoms with van der Waals surface area (Å²) in [6.45, 7) is 1.14. The van der Waals surface area contributed by atoms with Crippen molar-refractivity contribution in [3.05, 3.63) is 87.5 Å². The lowest BCUT2D eigenvalue weighted by molar-refractivity contribution is -0.116. The number of carbonyl (C=O) groups is 1. The van der Waals surface area contributed by atoms with E-state index in [0.29, 0.717) is 28.5 Å². The Balaban J connectivity index is 1.43. The molecule has 0 fully saturated rings. The number of thioether (sulfide) groups is 1. The Hall–Kier alpha value is -2.90. The molecule has 0 N–H and O–H groups in total. The lowest BCUT2D eigenvalue weighted by Gasteiger charge is -2.18. The normalized spacial score (nSPS) is 13.0. The zero-order valence-electron chi connectivity index (χ0n) is 16.2. The maximum Gasteiger partial charge on any atom is 0.272 e. The summed E-state index contributed by atoms with van der Waals surface area (Å²) in [6.07, 6.45) is 0.879. The van der Waals surface area contributed by atoms with Crippen LogP contribution in [0, 0.1) is 0 Å². The Morgan fingerprint density at radius 3 is 2.73 bits per heavy atom. The number of thiophene rings is 1. The second-order valence-corrected chi connectivity index (χ2v) is 8.98. The van der Waals surface area contributed by atoms with Crippen molar-refractivity contribution in [2.24, 2.45) is 0 Å². The molecule has 2 aromatic carbocycles. The number of carbonyl (C=O) groups excluding carboxylic acids is 1. The highest BCUT2D eigenvalue weighted by atomic mass is 32.2. The van der Waals surface area contributed by atoms with Gasteiger partial charge in [-0.1, -0.05) is 60.3 Å². The number of hydrogen-bond acceptors (Lipinski definition) is 5. The number of fused-ring (bicyclic) bond motifs is 2. The number of benzene rings is 2. The molecule has 7 heteroatoms. The van der Waals surface area contributed by atoms with Crippen molar-refractivity contribution >= 4 is 44.9 Å². The molecule has 150 valence electrons. The molecule has 0 unspecified atom stereocenters. The third-order valence-electron chi connectivity index (χ3n) is 5.23. The SMILES string of the molecule is O=C(CSc1nc2ccsc2c(=O)n1Cc1ccccc1)N1CCc2ccccc21. The Labute approximate surface area is 182 Å². The van der Waals surface area contributed by atoms with Gasteiger partial charge in [-0.25, -0.2) is 4.98 Å². The van der Waals surface area contributed by atoms with Gasteiger partial charge in [-0.05, 0) is 35.1 Å². The van der Waals surface area contributed by atoms with E-state index in [1.807, 2.05) is 64.9 Å². The zero-order chi connectivity index (χ0) is 20.5. The molecule has 0 aliphatic carbocycles. The van der Waals surface area contributed by atoms with Crippen molar-refractivity contribution in [1.82, 2.24) is 9.55 Å². The van der Waals surface area contributed by atoms with Gasteiger partial charge in [0.25, 0.3) is 5.56 Å². The fraction of sp³-hybridized carbons (Fsp3) is 0.174. The van der Waals surface area contributed by atoms with Crippen molar-refractivity contribution in [1.29, 1.82) is 0 Å². The Bertz CT molecular complexity index is 1280. The average Bonchev–Trinajstić information content (AvgIpc) is 3.42. The highest BCUT2D eigenvalue weighted by Crippen LogP contribution is 2.29. The molecule has 4 aromatic rings. The number of amides is 1. The smallest absolute Gasteiger partial charge is 0.272 e. The van der Waals surface area contributed by atoms with Crippen LogP contribution in [0.15, 0.2) is 76.0 Å². The summed E-state index contributed by atoms with van der Waals surface area (Å²) in [5.74, 6) is 0.279. The molecule has 0 bridgehead atoms. The topological polar surface area (TPSA) is 55.2 Å². The average molecular weight is 434 g/mol. The summed E-state index contributed by atoms with van der Waals surface area (Å²) >= 11 is 2.74. The minimum Gasteiger partial charge on any atom is -0.311 e. The van der Waals surface area contributed by atoms with Gasteiger partial charge in [0, 0.05) is 12.2 Å². The van der Waals surface area contributed by atoms with Gasteiger partial charge in [0.05, 0.1) is 17.8 Å². The van der Waals surface area contributed by atoms with E-state index >= 15 is 0 Å². The van der Waals surface area contributed by atoms with Gasteiger partial charge in [-0.15, -0.1) is 11.3 Å². The molecule has 0 atom stereocenters. The maximum absolute atomic E-state index is 13.1. The standard InChI is InChI=1S/C23H19N3O2S2/c27-20(25-12-10-17-8-4-5-9-19(17)25)15-30-23-24-18-11-13-29-21(18)22(28)26(23)14-16-6-2-1-3-7-16/h1-9,11,13H,10,12,14-15H2. The van der Waals surface area contributed by atoms with Gasteiger partial charge >= 0.3 is 0 Å². The molecule has 5 nitrogen and oxygen atoms in total. The first-order valence-electron chi connectivity index (χ1n) is 9.74. The molecule has 2 aromatic heterocycles. The number of rotatable bonds is 5. The summed E-state index contributed by atoms with van der Waals surface area (Å²) in [5, 5.41) is 2.46. The van der Waals surface area contributed by atoms with Crippen LogP contribution in [-0.2, 0) is 17.8 Å². The third-order valence-corrected chi connectivity index (χ3v) is 7.08. The van der Waals surface area contributed by atoms with E-state index in [-0.39, 0.29) is 17.2 Å². The van der Waals surface area contributed by atoms with E-state index in [9.17, 15) is 9.59 Å². The van der Waals surface area contributed by atoms with Crippen molar-refractivity contribution in [2.45, 2.75) is 18.1 Å². The van der Waals surface area contributed by atoms with Gasteiger partial charge < -0.3 is 4.90 Å². The third kappa shape index (κ3) is 3.55. The largest absolute Gasteiger partial charge is 0.311 e. The quantitative estimate of drug-likeness (QED) is 0.350. The lowest BCUT2D eigenvalue weighted by Crippen LogP contribution is -2.31. The number of anilines is 1. The second kappa shape index (κ2) is 8.08. The predicted molar refractivity (Wildman–Crippen MR) is 123 cm³/mol. The Morgan fingerprint density at radius 2 is 1.87 bits per heavy atom. The maximum atomic E-state index is 13.1. The van der Waals surface area contributed by atoms with Gasteiger partial charge in [0.15, 0.2) is 5.16 Å². The van der Waals surface area contributed by atoms with E-state index in [1.54, 1.807) is 4.57 Å². The molecule has 30 heavy (non-hydrogen) atoms. The summed E-state index contributed by atoms with van der Waals surface area (Å²) in [6, 6.07) is 19.7. The molecular weight excluding hydrogens is 414 g/mol. The highest BCUT2D eigenvalue weighted by molar-refractivity contribution is 7.99. The number of hydrogen-bond donors (Lipinski definition) is 0. The van der Waals surface area contributed by atoms with Crippen molar-refractivity contribution in [3.8, 4) is 0 Å². The van der Waals surface area contributed by atoms with Crippen LogP contribution in [0.3, 0.4) is 0 Å². The molecule has 1 amide bonds. The first-order valence-corrected chi connectivity index (χ1v) is 11.6. The molecule has 0 spiro atoms. The van der Waals surface area contributed by atoms with Crippen LogP contribution < -0.4 is 10.5 Å². The van der Waals surface area contributed by atoms with Gasteiger partial charge in [-0.2, -0.15) is 0 Å². The van der Waals surface area contributed by atoms with E-state index in [1.165, 1.54) is 28.7 Å². The molecular formula is C23H19N3O2S2. The molecule has 0 radical (unpaired) electrons. The molecule has 1 aliphatic heterocycles. The second-order valence-electron chi connectivity index (χ2n) is 7.12. The molecule has 1 aliphatic rings. The monoisotopic (exact) mass is 433 g/mol. The number of para-hydroxylation sites is 1. The highest BCUT2D eigenvalue weighted by Gasteiger charge is 2.24. The fourth-order valence-electron chi connectivity index (χ4n) is 3.74. The summed E-state index contributed by atoms with van der Waals surface area (Å²) in [7, 11) is 0. The van der Waals surface area contributed by atoms with E-state index < -0.39 is 0 Å². The Kier molecular flexibility index (Phi) is 5.14. The predicted octanol–water partition coefficient (Wildman–Crippen LogP) is 4.19.